The number of benzene rings is 3. The normalized spacial score (nSPS) is 17.8. The fraction of sp³-hybridized carbons (Fsp3) is 0.321. The third-order valence-electron chi connectivity index (χ3n) is 6.61. The van der Waals surface area contributed by atoms with Crippen molar-refractivity contribution in [2.45, 2.75) is 39.2 Å². The van der Waals surface area contributed by atoms with E-state index in [-0.39, 0.29) is 12.5 Å². The molecule has 6 heteroatoms. The van der Waals surface area contributed by atoms with Gasteiger partial charge in [-0.1, -0.05) is 74.4 Å². The number of amides is 1. The lowest BCUT2D eigenvalue weighted by atomic mass is 9.86. The van der Waals surface area contributed by atoms with E-state index in [9.17, 15) is 9.59 Å². The molecule has 0 bridgehead atoms. The van der Waals surface area contributed by atoms with E-state index >= 15 is 0 Å². The van der Waals surface area contributed by atoms with Crippen molar-refractivity contribution in [3.63, 3.8) is 0 Å². The maximum absolute atomic E-state index is 14.0. The van der Waals surface area contributed by atoms with Gasteiger partial charge in [-0.3, -0.25) is 14.5 Å². The van der Waals surface area contributed by atoms with Gasteiger partial charge in [0.1, 0.15) is 0 Å². The number of para-hydroxylation sites is 2. The van der Waals surface area contributed by atoms with E-state index in [0.29, 0.717) is 12.5 Å². The average molecular weight is 456 g/mol. The molecule has 34 heavy (non-hydrogen) atoms. The number of hydrogen-bond donors (Lipinski definition) is 0. The molecule has 2 heterocycles. The van der Waals surface area contributed by atoms with E-state index < -0.39 is 17.9 Å². The third kappa shape index (κ3) is 3.63. The topological polar surface area (TPSA) is 64.4 Å². The van der Waals surface area contributed by atoms with Gasteiger partial charge >= 0.3 is 5.97 Å². The highest BCUT2D eigenvalue weighted by Crippen LogP contribution is 2.43. The van der Waals surface area contributed by atoms with Crippen LogP contribution in [0, 0.1) is 5.92 Å². The summed E-state index contributed by atoms with van der Waals surface area (Å²) in [6.45, 7) is 4.65. The molecule has 1 amide bonds. The number of carbonyl (C=O) groups excluding carboxylic acids is 2. The number of nitrogens with zero attached hydrogens (tertiary/aromatic N) is 3. The molecule has 0 spiro atoms. The smallest absolute Gasteiger partial charge is 0.321 e. The van der Waals surface area contributed by atoms with Crippen molar-refractivity contribution < 1.29 is 14.3 Å². The van der Waals surface area contributed by atoms with Crippen LogP contribution in [0.25, 0.3) is 21.8 Å². The molecule has 0 fully saturated rings. The highest BCUT2D eigenvalue weighted by Gasteiger charge is 2.48. The van der Waals surface area contributed by atoms with E-state index in [0.717, 1.165) is 46.6 Å². The molecule has 4 aromatic rings. The fourth-order valence-electron chi connectivity index (χ4n) is 5.07. The molecule has 0 radical (unpaired) electrons. The number of rotatable bonds is 7. The summed E-state index contributed by atoms with van der Waals surface area (Å²) in [5, 5.41) is 2.08. The van der Waals surface area contributed by atoms with Crippen molar-refractivity contribution in [3.8, 4) is 0 Å². The van der Waals surface area contributed by atoms with Crippen LogP contribution >= 0.6 is 0 Å². The molecular weight excluding hydrogens is 426 g/mol. The lowest BCUT2D eigenvalue weighted by Gasteiger charge is -2.38. The van der Waals surface area contributed by atoms with Crippen LogP contribution in [0.3, 0.4) is 0 Å². The second kappa shape index (κ2) is 9.29. The van der Waals surface area contributed by atoms with Crippen LogP contribution in [0.4, 0.5) is 5.95 Å². The minimum absolute atomic E-state index is 0.220. The Kier molecular flexibility index (Phi) is 6.05. The highest BCUT2D eigenvalue weighted by atomic mass is 16.5. The summed E-state index contributed by atoms with van der Waals surface area (Å²) in [6.07, 6.45) is 2.89. The van der Waals surface area contributed by atoms with Gasteiger partial charge in [0.15, 0.2) is 5.92 Å². The number of fused-ring (bicyclic) bond motifs is 4. The Morgan fingerprint density at radius 3 is 2.56 bits per heavy atom. The predicted molar refractivity (Wildman–Crippen MR) is 134 cm³/mol. The summed E-state index contributed by atoms with van der Waals surface area (Å²) in [7, 11) is 0. The molecule has 1 aromatic heterocycles. The molecule has 0 saturated carbocycles. The zero-order chi connectivity index (χ0) is 23.7. The van der Waals surface area contributed by atoms with Gasteiger partial charge in [0.25, 0.3) is 0 Å². The first kappa shape index (κ1) is 22.1. The number of esters is 1. The van der Waals surface area contributed by atoms with Crippen LogP contribution in [0.5, 0.6) is 0 Å². The Hall–Kier alpha value is -3.67. The average Bonchev–Trinajstić information content (AvgIpc) is 3.24. The molecule has 0 unspecified atom stereocenters. The molecule has 0 aliphatic carbocycles. The summed E-state index contributed by atoms with van der Waals surface area (Å²) in [6, 6.07) is 21.4. The largest absolute Gasteiger partial charge is 0.465 e. The first-order chi connectivity index (χ1) is 16.7. The molecule has 1 aliphatic rings. The van der Waals surface area contributed by atoms with E-state index in [1.165, 1.54) is 0 Å². The Morgan fingerprint density at radius 2 is 1.74 bits per heavy atom. The maximum atomic E-state index is 14.0. The molecule has 0 saturated heterocycles. The Bertz CT molecular complexity index is 1350. The summed E-state index contributed by atoms with van der Waals surface area (Å²) >= 11 is 0. The van der Waals surface area contributed by atoms with Crippen LogP contribution < -0.4 is 4.90 Å². The van der Waals surface area contributed by atoms with E-state index in [2.05, 4.69) is 11.5 Å². The third-order valence-corrected chi connectivity index (χ3v) is 6.61. The molecular formula is C28H29N3O3. The first-order valence-corrected chi connectivity index (χ1v) is 12.1. The second-order valence-electron chi connectivity index (χ2n) is 8.71. The molecule has 5 rings (SSSR count). The van der Waals surface area contributed by atoms with Crippen molar-refractivity contribution in [1.82, 2.24) is 9.55 Å². The molecule has 3 aromatic carbocycles. The first-order valence-electron chi connectivity index (χ1n) is 12.1. The van der Waals surface area contributed by atoms with Gasteiger partial charge in [-0.05, 0) is 41.8 Å². The number of ether oxygens (including phenoxy) is 1. The lowest BCUT2D eigenvalue weighted by Crippen LogP contribution is -2.50. The number of carbonyl (C=O) groups is 2. The van der Waals surface area contributed by atoms with Crippen molar-refractivity contribution in [2.75, 3.05) is 18.1 Å². The Balaban J connectivity index is 1.79. The monoisotopic (exact) mass is 455 g/mol. The van der Waals surface area contributed by atoms with Gasteiger partial charge in [0, 0.05) is 6.54 Å². The van der Waals surface area contributed by atoms with Gasteiger partial charge in [-0.2, -0.15) is 0 Å². The van der Waals surface area contributed by atoms with Gasteiger partial charge < -0.3 is 9.30 Å². The molecule has 0 N–H and O–H groups in total. The fourth-order valence-corrected chi connectivity index (χ4v) is 5.07. The predicted octanol–water partition coefficient (Wildman–Crippen LogP) is 5.50. The van der Waals surface area contributed by atoms with Crippen molar-refractivity contribution in [2.24, 2.45) is 5.92 Å². The minimum atomic E-state index is -0.988. The van der Waals surface area contributed by atoms with Gasteiger partial charge in [-0.15, -0.1) is 0 Å². The standard InChI is InChI=1S/C28H29N3O3/c1-3-5-10-18-30-26(32)24(27(33)34-4-2)25(21-15-11-13-19-12-6-7-14-20(19)21)31-23-17-9-8-16-22(23)29-28(30)31/h6-9,11-17,24-25H,3-5,10,18H2,1-2H3/t24-,25+/m0/s1. The molecule has 174 valence electrons. The molecule has 6 nitrogen and oxygen atoms in total. The zero-order valence-corrected chi connectivity index (χ0v) is 19.6. The lowest BCUT2D eigenvalue weighted by molar-refractivity contribution is -0.153. The van der Waals surface area contributed by atoms with Crippen LogP contribution in [-0.2, 0) is 14.3 Å². The van der Waals surface area contributed by atoms with Crippen LogP contribution in [0.1, 0.15) is 44.7 Å². The van der Waals surface area contributed by atoms with Crippen molar-refractivity contribution in [1.29, 1.82) is 0 Å². The number of hydrogen-bond acceptors (Lipinski definition) is 4. The number of imidazole rings is 1. The van der Waals surface area contributed by atoms with Crippen molar-refractivity contribution in [3.05, 3.63) is 72.3 Å². The number of unbranched alkanes of at least 4 members (excludes halogenated alkanes) is 2. The van der Waals surface area contributed by atoms with Crippen LogP contribution in [-0.4, -0.2) is 34.6 Å². The van der Waals surface area contributed by atoms with Gasteiger partial charge in [-0.25, -0.2) is 4.98 Å². The van der Waals surface area contributed by atoms with E-state index in [4.69, 9.17) is 9.72 Å². The molecule has 1 aliphatic heterocycles. The summed E-state index contributed by atoms with van der Waals surface area (Å²) in [5.74, 6) is -1.12. The zero-order valence-electron chi connectivity index (χ0n) is 19.6. The summed E-state index contributed by atoms with van der Waals surface area (Å²) < 4.78 is 7.55. The van der Waals surface area contributed by atoms with Gasteiger partial charge in [0.05, 0.1) is 23.7 Å². The minimum Gasteiger partial charge on any atom is -0.465 e. The van der Waals surface area contributed by atoms with Crippen molar-refractivity contribution >= 4 is 39.6 Å². The summed E-state index contributed by atoms with van der Waals surface area (Å²) in [4.78, 5) is 33.9. The SMILES string of the molecule is CCCCCN1C(=O)[C@@H](C(=O)OCC)[C@@H](c2cccc3ccccc23)n2c1nc1ccccc12. The van der Waals surface area contributed by atoms with E-state index in [1.807, 2.05) is 66.7 Å². The number of aromatic nitrogens is 2. The Labute approximate surface area is 199 Å². The quantitative estimate of drug-likeness (QED) is 0.210. The number of anilines is 1. The maximum Gasteiger partial charge on any atom is 0.321 e. The van der Waals surface area contributed by atoms with E-state index in [1.54, 1.807) is 11.8 Å². The molecule has 2 atom stereocenters. The van der Waals surface area contributed by atoms with Gasteiger partial charge in [0.2, 0.25) is 11.9 Å². The van der Waals surface area contributed by atoms with Crippen LogP contribution in [0.2, 0.25) is 0 Å². The second-order valence-corrected chi connectivity index (χ2v) is 8.71. The Morgan fingerprint density at radius 1 is 0.971 bits per heavy atom. The highest BCUT2D eigenvalue weighted by molar-refractivity contribution is 6.09. The summed E-state index contributed by atoms with van der Waals surface area (Å²) in [5.41, 5.74) is 2.63. The van der Waals surface area contributed by atoms with Crippen LogP contribution in [0.15, 0.2) is 66.7 Å².